The zero-order valence-electron chi connectivity index (χ0n) is 17.7. The number of halogens is 2. The minimum atomic E-state index is -0.912. The molecule has 31 heavy (non-hydrogen) atoms. The van der Waals surface area contributed by atoms with Crippen LogP contribution in [0.5, 0.6) is 0 Å². The maximum atomic E-state index is 11.7. The van der Waals surface area contributed by atoms with Crippen molar-refractivity contribution in [3.63, 3.8) is 0 Å². The fourth-order valence-corrected chi connectivity index (χ4v) is 4.75. The van der Waals surface area contributed by atoms with Gasteiger partial charge in [-0.2, -0.15) is 5.10 Å². The largest absolute Gasteiger partial charge is 0.367 e. The molecule has 0 aliphatic carbocycles. The highest BCUT2D eigenvalue weighted by atomic mass is 79.9. The summed E-state index contributed by atoms with van der Waals surface area (Å²) in [6.07, 6.45) is 4.46. The summed E-state index contributed by atoms with van der Waals surface area (Å²) in [5, 5.41) is 24.2. The highest BCUT2D eigenvalue weighted by Gasteiger charge is 2.30. The standard InChI is InChI=1S/C24H28BrClN4O/c1-2-19-22(17-11-13-18(25)14-12-17)27-28-23(19)24(31)30(21-10-6-5-9-20(21)26)29-15-7-3-4-8-16-29/h5-6,9-14,24,31H,2-4,7-8,15-16H2,1H3,(H,27,28). The number of hydrogen-bond donors (Lipinski definition) is 2. The number of rotatable bonds is 6. The highest BCUT2D eigenvalue weighted by molar-refractivity contribution is 9.10. The van der Waals surface area contributed by atoms with E-state index in [0.29, 0.717) is 10.7 Å². The number of aromatic nitrogens is 2. The number of nitrogens with zero attached hydrogens (tertiary/aromatic N) is 3. The van der Waals surface area contributed by atoms with Gasteiger partial charge in [0.15, 0.2) is 6.23 Å². The van der Waals surface area contributed by atoms with Crippen LogP contribution >= 0.6 is 27.5 Å². The van der Waals surface area contributed by atoms with Crippen molar-refractivity contribution in [2.75, 3.05) is 18.1 Å². The van der Waals surface area contributed by atoms with Crippen LogP contribution < -0.4 is 5.01 Å². The van der Waals surface area contributed by atoms with Gasteiger partial charge in [0.05, 0.1) is 22.1 Å². The summed E-state index contributed by atoms with van der Waals surface area (Å²) in [5.74, 6) is 0. The van der Waals surface area contributed by atoms with Crippen molar-refractivity contribution < 1.29 is 5.11 Å². The Bertz CT molecular complexity index is 999. The average Bonchev–Trinajstić information content (AvgIpc) is 3.03. The van der Waals surface area contributed by atoms with Gasteiger partial charge in [0.25, 0.3) is 0 Å². The molecule has 1 aliphatic heterocycles. The van der Waals surface area contributed by atoms with Crippen molar-refractivity contribution in [3.05, 3.63) is 69.3 Å². The zero-order valence-corrected chi connectivity index (χ0v) is 20.0. The van der Waals surface area contributed by atoms with E-state index < -0.39 is 6.23 Å². The molecule has 1 aliphatic rings. The van der Waals surface area contributed by atoms with E-state index in [0.717, 1.165) is 59.3 Å². The van der Waals surface area contributed by atoms with E-state index in [1.165, 1.54) is 12.8 Å². The molecule has 0 saturated carbocycles. The molecule has 1 fully saturated rings. The number of aliphatic hydroxyl groups excluding tert-OH is 1. The van der Waals surface area contributed by atoms with Gasteiger partial charge in [-0.1, -0.05) is 71.6 Å². The zero-order chi connectivity index (χ0) is 21.8. The van der Waals surface area contributed by atoms with Gasteiger partial charge in [-0.3, -0.25) is 10.1 Å². The Labute approximate surface area is 197 Å². The van der Waals surface area contributed by atoms with Crippen molar-refractivity contribution in [3.8, 4) is 11.3 Å². The monoisotopic (exact) mass is 502 g/mol. The first kappa shape index (κ1) is 22.3. The second-order valence-corrected chi connectivity index (χ2v) is 9.19. The molecule has 5 nitrogen and oxygen atoms in total. The normalized spacial score (nSPS) is 16.1. The Morgan fingerprint density at radius 3 is 2.42 bits per heavy atom. The van der Waals surface area contributed by atoms with Crippen LogP contribution in [0.25, 0.3) is 11.3 Å². The molecule has 7 heteroatoms. The fraction of sp³-hybridized carbons (Fsp3) is 0.375. The van der Waals surface area contributed by atoms with Crippen LogP contribution in [0, 0.1) is 0 Å². The summed E-state index contributed by atoms with van der Waals surface area (Å²) >= 11 is 10.1. The topological polar surface area (TPSA) is 55.4 Å². The Morgan fingerprint density at radius 2 is 1.77 bits per heavy atom. The molecule has 0 spiro atoms. The number of H-pyrrole nitrogens is 1. The van der Waals surface area contributed by atoms with Crippen LogP contribution in [0.4, 0.5) is 5.69 Å². The lowest BCUT2D eigenvalue weighted by Gasteiger charge is -2.39. The van der Waals surface area contributed by atoms with Crippen LogP contribution in [0.1, 0.15) is 50.1 Å². The number of benzene rings is 2. The quantitative estimate of drug-likeness (QED) is 0.385. The van der Waals surface area contributed by atoms with Gasteiger partial charge in [-0.15, -0.1) is 0 Å². The second kappa shape index (κ2) is 10.2. The molecule has 1 saturated heterocycles. The Balaban J connectivity index is 1.75. The number of para-hydroxylation sites is 1. The van der Waals surface area contributed by atoms with Crippen molar-refractivity contribution in [1.82, 2.24) is 15.2 Å². The molecule has 2 heterocycles. The summed E-state index contributed by atoms with van der Waals surface area (Å²) in [7, 11) is 0. The first-order chi connectivity index (χ1) is 15.1. The molecule has 2 aromatic carbocycles. The van der Waals surface area contributed by atoms with E-state index in [4.69, 9.17) is 11.6 Å². The van der Waals surface area contributed by atoms with Crippen molar-refractivity contribution >= 4 is 33.2 Å². The van der Waals surface area contributed by atoms with Crippen molar-refractivity contribution in [2.24, 2.45) is 0 Å². The SMILES string of the molecule is CCc1c(-c2ccc(Br)cc2)n[nH]c1C(O)N(c1ccccc1Cl)N1CCCCCC1. The summed E-state index contributed by atoms with van der Waals surface area (Å²) in [6, 6.07) is 15.8. The van der Waals surface area contributed by atoms with E-state index in [9.17, 15) is 5.11 Å². The lowest BCUT2D eigenvalue weighted by molar-refractivity contribution is 0.0859. The number of aliphatic hydroxyl groups is 1. The van der Waals surface area contributed by atoms with E-state index >= 15 is 0 Å². The minimum absolute atomic E-state index is 0.622. The fourth-order valence-electron chi connectivity index (χ4n) is 4.26. The molecule has 1 unspecified atom stereocenters. The lowest BCUT2D eigenvalue weighted by Crippen LogP contribution is -2.46. The van der Waals surface area contributed by atoms with Crippen molar-refractivity contribution in [1.29, 1.82) is 0 Å². The molecule has 164 valence electrons. The number of anilines is 1. The summed E-state index contributed by atoms with van der Waals surface area (Å²) in [6.45, 7) is 3.87. The van der Waals surface area contributed by atoms with Crippen LogP contribution in [-0.4, -0.2) is 33.4 Å². The number of hydrazine groups is 1. The molecular formula is C24H28BrClN4O. The Morgan fingerprint density at radius 1 is 1.10 bits per heavy atom. The van der Waals surface area contributed by atoms with Crippen LogP contribution in [0.15, 0.2) is 53.0 Å². The third-order valence-corrected chi connectivity index (χ3v) is 6.69. The predicted molar refractivity (Wildman–Crippen MR) is 130 cm³/mol. The Kier molecular flexibility index (Phi) is 7.33. The molecule has 3 aromatic rings. The van der Waals surface area contributed by atoms with E-state index in [1.54, 1.807) is 0 Å². The van der Waals surface area contributed by atoms with Gasteiger partial charge in [-0.05, 0) is 43.5 Å². The van der Waals surface area contributed by atoms with Crippen LogP contribution in [0.2, 0.25) is 5.02 Å². The molecule has 2 N–H and O–H groups in total. The van der Waals surface area contributed by atoms with E-state index in [-0.39, 0.29) is 0 Å². The number of aromatic amines is 1. The van der Waals surface area contributed by atoms with E-state index in [1.807, 2.05) is 53.5 Å². The third kappa shape index (κ3) is 4.82. The molecule has 1 aromatic heterocycles. The lowest BCUT2D eigenvalue weighted by atomic mass is 10.0. The van der Waals surface area contributed by atoms with Gasteiger partial charge < -0.3 is 5.11 Å². The van der Waals surface area contributed by atoms with Gasteiger partial charge >= 0.3 is 0 Å². The molecular weight excluding hydrogens is 476 g/mol. The Hall–Kier alpha value is -1.86. The number of hydrogen-bond acceptors (Lipinski definition) is 4. The van der Waals surface area contributed by atoms with Crippen LogP contribution in [0.3, 0.4) is 0 Å². The third-order valence-electron chi connectivity index (χ3n) is 5.85. The molecule has 0 amide bonds. The summed E-state index contributed by atoms with van der Waals surface area (Å²) < 4.78 is 1.02. The van der Waals surface area contributed by atoms with Crippen LogP contribution in [-0.2, 0) is 6.42 Å². The molecule has 0 bridgehead atoms. The van der Waals surface area contributed by atoms with Gasteiger partial charge in [0.1, 0.15) is 0 Å². The van der Waals surface area contributed by atoms with Gasteiger partial charge in [0.2, 0.25) is 0 Å². The van der Waals surface area contributed by atoms with E-state index in [2.05, 4.69) is 38.1 Å². The smallest absolute Gasteiger partial charge is 0.184 e. The van der Waals surface area contributed by atoms with Crippen molar-refractivity contribution in [2.45, 2.75) is 45.3 Å². The second-order valence-electron chi connectivity index (χ2n) is 7.86. The summed E-state index contributed by atoms with van der Waals surface area (Å²) in [5.41, 5.74) is 4.43. The molecule has 0 radical (unpaired) electrons. The predicted octanol–water partition coefficient (Wildman–Crippen LogP) is 6.34. The molecule has 1 atom stereocenters. The molecule has 4 rings (SSSR count). The maximum absolute atomic E-state index is 11.7. The highest BCUT2D eigenvalue weighted by Crippen LogP contribution is 2.36. The number of nitrogens with one attached hydrogen (secondary N) is 1. The van der Waals surface area contributed by atoms with Gasteiger partial charge in [0, 0.05) is 28.7 Å². The average molecular weight is 504 g/mol. The van der Waals surface area contributed by atoms with Gasteiger partial charge in [-0.25, -0.2) is 5.01 Å². The summed E-state index contributed by atoms with van der Waals surface area (Å²) in [4.78, 5) is 0. The maximum Gasteiger partial charge on any atom is 0.184 e. The first-order valence-corrected chi connectivity index (χ1v) is 12.1. The minimum Gasteiger partial charge on any atom is -0.367 e. The first-order valence-electron chi connectivity index (χ1n) is 10.9.